The van der Waals surface area contributed by atoms with Gasteiger partial charge in [-0.25, -0.2) is 0 Å². The molecule has 0 fully saturated rings. The Hall–Kier alpha value is -1.49. The van der Waals surface area contributed by atoms with E-state index in [0.717, 1.165) is 6.08 Å². The smallest absolute Gasteiger partial charge is 0.244 e. The monoisotopic (exact) mass is 255 g/mol. The van der Waals surface area contributed by atoms with E-state index in [-0.39, 0.29) is 24.4 Å². The first-order chi connectivity index (χ1) is 8.20. The minimum atomic E-state index is -1.01. The number of amides is 1. The summed E-state index contributed by atoms with van der Waals surface area (Å²) >= 11 is 0. The highest BCUT2D eigenvalue weighted by atomic mass is 16.3. The van der Waals surface area contributed by atoms with Crippen LogP contribution in [0.15, 0.2) is 12.7 Å². The van der Waals surface area contributed by atoms with Gasteiger partial charge in [-0.3, -0.25) is 14.4 Å². The topological polar surface area (TPSA) is 83.5 Å². The molecule has 1 atom stereocenters. The summed E-state index contributed by atoms with van der Waals surface area (Å²) in [6, 6.07) is 0. The number of ketones is 2. The highest BCUT2D eigenvalue weighted by molar-refractivity contribution is 5.95. The first-order valence-corrected chi connectivity index (χ1v) is 5.87. The van der Waals surface area contributed by atoms with E-state index in [1.165, 1.54) is 6.92 Å². The molecular formula is C13H21NO4. The lowest BCUT2D eigenvalue weighted by Crippen LogP contribution is -2.49. The van der Waals surface area contributed by atoms with Crippen LogP contribution >= 0.6 is 0 Å². The molecule has 18 heavy (non-hydrogen) atoms. The number of hydrogen-bond donors (Lipinski definition) is 2. The largest absolute Gasteiger partial charge is 0.385 e. The predicted octanol–water partition coefficient (Wildman–Crippen LogP) is 0.756. The van der Waals surface area contributed by atoms with E-state index >= 15 is 0 Å². The predicted molar refractivity (Wildman–Crippen MR) is 68.0 cm³/mol. The van der Waals surface area contributed by atoms with Crippen molar-refractivity contribution in [2.75, 3.05) is 0 Å². The zero-order valence-corrected chi connectivity index (χ0v) is 11.2. The highest BCUT2D eigenvalue weighted by Crippen LogP contribution is 2.11. The molecule has 102 valence electrons. The number of aliphatic hydroxyl groups excluding tert-OH is 1. The van der Waals surface area contributed by atoms with Crippen LogP contribution in [0.2, 0.25) is 0 Å². The van der Waals surface area contributed by atoms with Gasteiger partial charge in [0.1, 0.15) is 6.10 Å². The molecule has 0 aliphatic carbocycles. The second-order valence-electron chi connectivity index (χ2n) is 4.76. The maximum Gasteiger partial charge on any atom is 0.244 e. The fourth-order valence-corrected chi connectivity index (χ4v) is 1.40. The third kappa shape index (κ3) is 5.72. The van der Waals surface area contributed by atoms with E-state index in [2.05, 4.69) is 11.9 Å². The van der Waals surface area contributed by atoms with Gasteiger partial charge in [-0.2, -0.15) is 0 Å². The molecule has 5 heteroatoms. The van der Waals surface area contributed by atoms with Crippen molar-refractivity contribution in [3.05, 3.63) is 12.7 Å². The lowest BCUT2D eigenvalue weighted by atomic mass is 9.94. The molecule has 0 saturated heterocycles. The Labute approximate surface area is 107 Å². The molecule has 0 saturated carbocycles. The van der Waals surface area contributed by atoms with Gasteiger partial charge < -0.3 is 10.4 Å². The van der Waals surface area contributed by atoms with Crippen LogP contribution in [0, 0.1) is 0 Å². The summed E-state index contributed by atoms with van der Waals surface area (Å²) in [5.74, 6) is -0.854. The lowest BCUT2D eigenvalue weighted by molar-refractivity contribution is -0.129. The summed E-state index contributed by atoms with van der Waals surface area (Å²) in [7, 11) is 0. The Morgan fingerprint density at radius 3 is 2.39 bits per heavy atom. The normalized spacial score (nSPS) is 12.7. The first kappa shape index (κ1) is 16.5. The summed E-state index contributed by atoms with van der Waals surface area (Å²) in [6.45, 7) is 7.84. The number of rotatable bonds is 8. The molecule has 0 heterocycles. The van der Waals surface area contributed by atoms with E-state index in [1.807, 2.05) is 0 Å². The second-order valence-corrected chi connectivity index (χ2v) is 4.76. The number of Topliss-reactive ketones (excluding diaryl/α,β-unsaturated/α-hetero) is 2. The Morgan fingerprint density at radius 1 is 1.39 bits per heavy atom. The SMILES string of the molecule is C=CC(=O)NC(C)(C)C(=O)CCCC(O)C(C)=O. The standard InChI is InChI=1S/C13H21NO4/c1-5-12(18)14-13(3,4)11(17)8-6-7-10(16)9(2)15/h5,10,16H,1,6-8H2,2-4H3,(H,14,18). The zero-order chi connectivity index (χ0) is 14.3. The van der Waals surface area contributed by atoms with Crippen LogP contribution in [0.25, 0.3) is 0 Å². The molecule has 5 nitrogen and oxygen atoms in total. The van der Waals surface area contributed by atoms with Gasteiger partial charge >= 0.3 is 0 Å². The zero-order valence-electron chi connectivity index (χ0n) is 11.2. The first-order valence-electron chi connectivity index (χ1n) is 5.87. The summed E-state index contributed by atoms with van der Waals surface area (Å²) in [6.07, 6.45) is 0.965. The molecule has 0 rings (SSSR count). The van der Waals surface area contributed by atoms with Crippen LogP contribution in [-0.4, -0.2) is 34.2 Å². The Kier molecular flexibility index (Phi) is 6.47. The third-order valence-corrected chi connectivity index (χ3v) is 2.67. The van der Waals surface area contributed by atoms with Gasteiger partial charge in [0.2, 0.25) is 5.91 Å². The molecular weight excluding hydrogens is 234 g/mol. The fourth-order valence-electron chi connectivity index (χ4n) is 1.40. The van der Waals surface area contributed by atoms with Gasteiger partial charge in [-0.15, -0.1) is 0 Å². The molecule has 1 unspecified atom stereocenters. The lowest BCUT2D eigenvalue weighted by Gasteiger charge is -2.24. The van der Waals surface area contributed by atoms with Gasteiger partial charge in [0.05, 0.1) is 5.54 Å². The number of carbonyl (C=O) groups is 3. The van der Waals surface area contributed by atoms with Crippen molar-refractivity contribution in [3.8, 4) is 0 Å². The molecule has 0 aromatic rings. The number of hydrogen-bond acceptors (Lipinski definition) is 4. The molecule has 2 N–H and O–H groups in total. The van der Waals surface area contributed by atoms with Gasteiger partial charge in [0.15, 0.2) is 11.6 Å². The van der Waals surface area contributed by atoms with Crippen molar-refractivity contribution in [2.24, 2.45) is 0 Å². The van der Waals surface area contributed by atoms with E-state index in [4.69, 9.17) is 0 Å². The molecule has 0 aromatic carbocycles. The maximum absolute atomic E-state index is 11.9. The Morgan fingerprint density at radius 2 is 1.94 bits per heavy atom. The number of carbonyl (C=O) groups excluding carboxylic acids is 3. The molecule has 0 aliphatic rings. The van der Waals surface area contributed by atoms with E-state index in [1.54, 1.807) is 13.8 Å². The van der Waals surface area contributed by atoms with E-state index in [9.17, 15) is 19.5 Å². The van der Waals surface area contributed by atoms with Crippen molar-refractivity contribution in [1.82, 2.24) is 5.32 Å². The second kappa shape index (κ2) is 7.06. The average molecular weight is 255 g/mol. The third-order valence-electron chi connectivity index (χ3n) is 2.67. The van der Waals surface area contributed by atoms with Crippen molar-refractivity contribution in [2.45, 2.75) is 51.7 Å². The van der Waals surface area contributed by atoms with E-state index in [0.29, 0.717) is 6.42 Å². The van der Waals surface area contributed by atoms with Crippen molar-refractivity contribution in [3.63, 3.8) is 0 Å². The summed E-state index contributed by atoms with van der Waals surface area (Å²) in [4.78, 5) is 33.8. The van der Waals surface area contributed by atoms with Crippen LogP contribution < -0.4 is 5.32 Å². The summed E-state index contributed by atoms with van der Waals surface area (Å²) in [5.41, 5.74) is -0.966. The maximum atomic E-state index is 11.9. The quantitative estimate of drug-likeness (QED) is 0.627. The summed E-state index contributed by atoms with van der Waals surface area (Å²) < 4.78 is 0. The van der Waals surface area contributed by atoms with Crippen LogP contribution in [0.4, 0.5) is 0 Å². The molecule has 0 aliphatic heterocycles. The van der Waals surface area contributed by atoms with Crippen molar-refractivity contribution < 1.29 is 19.5 Å². The van der Waals surface area contributed by atoms with Crippen molar-refractivity contribution >= 4 is 17.5 Å². The van der Waals surface area contributed by atoms with Crippen LogP contribution in [0.3, 0.4) is 0 Å². The van der Waals surface area contributed by atoms with Crippen molar-refractivity contribution in [1.29, 1.82) is 0 Å². The van der Waals surface area contributed by atoms with E-state index < -0.39 is 17.6 Å². The number of aliphatic hydroxyl groups is 1. The van der Waals surface area contributed by atoms with Crippen LogP contribution in [0.5, 0.6) is 0 Å². The summed E-state index contributed by atoms with van der Waals surface area (Å²) in [5, 5.41) is 11.8. The number of nitrogens with one attached hydrogen (secondary N) is 1. The van der Waals surface area contributed by atoms with Gasteiger partial charge in [0, 0.05) is 6.42 Å². The van der Waals surface area contributed by atoms with Crippen LogP contribution in [-0.2, 0) is 14.4 Å². The minimum Gasteiger partial charge on any atom is -0.385 e. The molecule has 1 amide bonds. The van der Waals surface area contributed by atoms with Crippen LogP contribution in [0.1, 0.15) is 40.0 Å². The van der Waals surface area contributed by atoms with Gasteiger partial charge in [-0.1, -0.05) is 6.58 Å². The Balaban J connectivity index is 4.19. The fraction of sp³-hybridized carbons (Fsp3) is 0.615. The average Bonchev–Trinajstić information content (AvgIpc) is 2.27. The molecule has 0 aromatic heterocycles. The minimum absolute atomic E-state index is 0.145. The molecule has 0 radical (unpaired) electrons. The van der Waals surface area contributed by atoms with Gasteiger partial charge in [0.25, 0.3) is 0 Å². The van der Waals surface area contributed by atoms with Gasteiger partial charge in [-0.05, 0) is 39.7 Å². The highest BCUT2D eigenvalue weighted by Gasteiger charge is 2.28. The molecule has 0 spiro atoms. The molecule has 0 bridgehead atoms. The Bertz CT molecular complexity index is 347.